The van der Waals surface area contributed by atoms with Crippen molar-refractivity contribution in [2.45, 2.75) is 45.4 Å². The van der Waals surface area contributed by atoms with Gasteiger partial charge in [-0.2, -0.15) is 0 Å². The molecule has 2 rings (SSSR count). The molecule has 0 saturated carbocycles. The first-order valence-corrected chi connectivity index (χ1v) is 10.3. The van der Waals surface area contributed by atoms with Gasteiger partial charge in [0.2, 0.25) is 0 Å². The third kappa shape index (κ3) is 7.09. The zero-order valence-corrected chi connectivity index (χ0v) is 17.6. The van der Waals surface area contributed by atoms with E-state index in [-0.39, 0.29) is 0 Å². The Morgan fingerprint density at radius 3 is 2.73 bits per heavy atom. The SMILES string of the molecule is CN=C(NCc1csc(N(C)C)n1)NC1CCN(CCOC(C)C)CC1. The molecule has 0 bridgehead atoms. The van der Waals surface area contributed by atoms with E-state index < -0.39 is 0 Å². The smallest absolute Gasteiger partial charge is 0.191 e. The van der Waals surface area contributed by atoms with Crippen molar-refractivity contribution in [2.24, 2.45) is 4.99 Å². The summed E-state index contributed by atoms with van der Waals surface area (Å²) in [5.74, 6) is 0.853. The van der Waals surface area contributed by atoms with E-state index >= 15 is 0 Å². The molecule has 0 aliphatic carbocycles. The summed E-state index contributed by atoms with van der Waals surface area (Å²) in [5, 5.41) is 10.0. The second kappa shape index (κ2) is 10.7. The summed E-state index contributed by atoms with van der Waals surface area (Å²) >= 11 is 1.66. The van der Waals surface area contributed by atoms with Crippen molar-refractivity contribution in [2.75, 3.05) is 52.3 Å². The minimum atomic E-state index is 0.315. The van der Waals surface area contributed by atoms with Crippen molar-refractivity contribution in [3.8, 4) is 0 Å². The van der Waals surface area contributed by atoms with E-state index in [0.717, 1.165) is 55.9 Å². The molecule has 2 N–H and O–H groups in total. The molecule has 0 aromatic carbocycles. The summed E-state index contributed by atoms with van der Waals surface area (Å²) < 4.78 is 5.65. The maximum absolute atomic E-state index is 5.65. The number of piperidine rings is 1. The average molecular weight is 383 g/mol. The van der Waals surface area contributed by atoms with Crippen LogP contribution in [-0.4, -0.2) is 75.4 Å². The lowest BCUT2D eigenvalue weighted by atomic mass is 10.1. The average Bonchev–Trinajstić information content (AvgIpc) is 3.09. The number of nitrogens with one attached hydrogen (secondary N) is 2. The van der Waals surface area contributed by atoms with Crippen LogP contribution in [0.15, 0.2) is 10.4 Å². The van der Waals surface area contributed by atoms with Gasteiger partial charge in [0.15, 0.2) is 11.1 Å². The molecule has 1 aromatic heterocycles. The van der Waals surface area contributed by atoms with Gasteiger partial charge in [0.1, 0.15) is 0 Å². The molecule has 0 unspecified atom stereocenters. The molecule has 1 aliphatic rings. The lowest BCUT2D eigenvalue weighted by molar-refractivity contribution is 0.0532. The molecule has 0 spiro atoms. The summed E-state index contributed by atoms with van der Waals surface area (Å²) in [5.41, 5.74) is 1.04. The fourth-order valence-electron chi connectivity index (χ4n) is 2.86. The molecule has 1 aliphatic heterocycles. The van der Waals surface area contributed by atoms with Crippen LogP contribution in [0.25, 0.3) is 0 Å². The predicted octanol–water partition coefficient (Wildman–Crippen LogP) is 1.76. The second-order valence-electron chi connectivity index (χ2n) is 7.12. The van der Waals surface area contributed by atoms with Crippen molar-refractivity contribution < 1.29 is 4.74 Å². The van der Waals surface area contributed by atoms with E-state index in [0.29, 0.717) is 18.7 Å². The Balaban J connectivity index is 1.68. The number of nitrogens with zero attached hydrogens (tertiary/aromatic N) is 4. The van der Waals surface area contributed by atoms with Gasteiger partial charge in [0.25, 0.3) is 0 Å². The molecular weight excluding hydrogens is 348 g/mol. The van der Waals surface area contributed by atoms with Crippen molar-refractivity contribution in [3.05, 3.63) is 11.1 Å². The third-order valence-corrected chi connectivity index (χ3v) is 5.43. The highest BCUT2D eigenvalue weighted by Gasteiger charge is 2.19. The minimum absolute atomic E-state index is 0.315. The molecule has 1 saturated heterocycles. The number of hydrogen-bond acceptors (Lipinski definition) is 6. The Morgan fingerprint density at radius 1 is 1.42 bits per heavy atom. The van der Waals surface area contributed by atoms with E-state index in [9.17, 15) is 0 Å². The fraction of sp³-hybridized carbons (Fsp3) is 0.778. The number of thiazole rings is 1. The largest absolute Gasteiger partial charge is 0.377 e. The fourth-order valence-corrected chi connectivity index (χ4v) is 3.62. The molecule has 7 nitrogen and oxygen atoms in total. The van der Waals surface area contributed by atoms with Gasteiger partial charge in [-0.3, -0.25) is 4.99 Å². The van der Waals surface area contributed by atoms with Crippen molar-refractivity contribution in [3.63, 3.8) is 0 Å². The number of likely N-dealkylation sites (tertiary alicyclic amines) is 1. The van der Waals surface area contributed by atoms with Crippen LogP contribution in [0.4, 0.5) is 5.13 Å². The van der Waals surface area contributed by atoms with Crippen LogP contribution in [-0.2, 0) is 11.3 Å². The zero-order chi connectivity index (χ0) is 18.9. The van der Waals surface area contributed by atoms with Gasteiger partial charge in [-0.15, -0.1) is 11.3 Å². The third-order valence-electron chi connectivity index (χ3n) is 4.37. The molecule has 8 heteroatoms. The molecule has 1 aromatic rings. The Bertz CT molecular complexity index is 552. The van der Waals surface area contributed by atoms with Crippen LogP contribution in [0.1, 0.15) is 32.4 Å². The summed E-state index contributed by atoms with van der Waals surface area (Å²) in [4.78, 5) is 13.5. The van der Waals surface area contributed by atoms with E-state index in [2.05, 4.69) is 44.7 Å². The predicted molar refractivity (Wildman–Crippen MR) is 110 cm³/mol. The standard InChI is InChI=1S/C18H34N6OS/c1-14(2)25-11-10-24-8-6-15(7-9-24)21-17(19-3)20-12-16-13-26-18(22-16)23(4)5/h13-15H,6-12H2,1-5H3,(H2,19,20,21). The van der Waals surface area contributed by atoms with Crippen LogP contribution in [0.2, 0.25) is 0 Å². The van der Waals surface area contributed by atoms with Gasteiger partial charge in [0.05, 0.1) is 24.9 Å². The monoisotopic (exact) mass is 382 g/mol. The van der Waals surface area contributed by atoms with E-state index in [1.54, 1.807) is 11.3 Å². The summed E-state index contributed by atoms with van der Waals surface area (Å²) in [6.45, 7) is 8.92. The summed E-state index contributed by atoms with van der Waals surface area (Å²) in [6.07, 6.45) is 2.57. The molecule has 0 radical (unpaired) electrons. The minimum Gasteiger partial charge on any atom is -0.377 e. The van der Waals surface area contributed by atoms with Crippen LogP contribution < -0.4 is 15.5 Å². The number of guanidine groups is 1. The number of anilines is 1. The molecule has 1 fully saturated rings. The van der Waals surface area contributed by atoms with Crippen LogP contribution in [0.5, 0.6) is 0 Å². The van der Waals surface area contributed by atoms with Gasteiger partial charge >= 0.3 is 0 Å². The molecule has 0 atom stereocenters. The normalized spacial score (nSPS) is 16.9. The topological polar surface area (TPSA) is 65.0 Å². The van der Waals surface area contributed by atoms with Crippen LogP contribution in [0, 0.1) is 0 Å². The lowest BCUT2D eigenvalue weighted by Gasteiger charge is -2.33. The number of rotatable bonds is 8. The lowest BCUT2D eigenvalue weighted by Crippen LogP contribution is -2.49. The highest BCUT2D eigenvalue weighted by atomic mass is 32.1. The van der Waals surface area contributed by atoms with Crippen LogP contribution in [0.3, 0.4) is 0 Å². The molecule has 0 amide bonds. The highest BCUT2D eigenvalue weighted by molar-refractivity contribution is 7.13. The first kappa shape index (κ1) is 20.9. The van der Waals surface area contributed by atoms with Gasteiger partial charge in [-0.05, 0) is 26.7 Å². The Labute approximate surface area is 161 Å². The Kier molecular flexibility index (Phi) is 8.61. The maximum Gasteiger partial charge on any atom is 0.191 e. The molecule has 148 valence electrons. The van der Waals surface area contributed by atoms with Gasteiger partial charge in [-0.1, -0.05) is 0 Å². The highest BCUT2D eigenvalue weighted by Crippen LogP contribution is 2.17. The summed E-state index contributed by atoms with van der Waals surface area (Å²) in [7, 11) is 5.84. The van der Waals surface area contributed by atoms with Crippen molar-refractivity contribution in [1.82, 2.24) is 20.5 Å². The van der Waals surface area contributed by atoms with Crippen molar-refractivity contribution >= 4 is 22.4 Å². The van der Waals surface area contributed by atoms with Crippen molar-refractivity contribution in [1.29, 1.82) is 0 Å². The number of aliphatic imine (C=N–C) groups is 1. The maximum atomic E-state index is 5.65. The molecular formula is C18H34N6OS. The molecule has 26 heavy (non-hydrogen) atoms. The number of ether oxygens (including phenoxy) is 1. The van der Waals surface area contributed by atoms with Crippen LogP contribution >= 0.6 is 11.3 Å². The van der Waals surface area contributed by atoms with Gasteiger partial charge in [-0.25, -0.2) is 4.98 Å². The van der Waals surface area contributed by atoms with E-state index in [1.807, 2.05) is 26.0 Å². The Morgan fingerprint density at radius 2 is 2.15 bits per heavy atom. The Hall–Kier alpha value is -1.38. The molecule has 2 heterocycles. The second-order valence-corrected chi connectivity index (χ2v) is 7.96. The first-order chi connectivity index (χ1) is 12.5. The summed E-state index contributed by atoms with van der Waals surface area (Å²) in [6, 6.07) is 0.469. The van der Waals surface area contributed by atoms with Gasteiger partial charge in [0, 0.05) is 52.2 Å². The number of hydrogen-bond donors (Lipinski definition) is 2. The zero-order valence-electron chi connectivity index (χ0n) is 16.8. The van der Waals surface area contributed by atoms with E-state index in [1.165, 1.54) is 0 Å². The quantitative estimate of drug-likeness (QED) is 0.528. The number of aromatic nitrogens is 1. The van der Waals surface area contributed by atoms with E-state index in [4.69, 9.17) is 4.74 Å². The van der Waals surface area contributed by atoms with Gasteiger partial charge < -0.3 is 25.2 Å². The first-order valence-electron chi connectivity index (χ1n) is 9.40.